The molecule has 0 heterocycles. The first-order valence-electron chi connectivity index (χ1n) is 6.14. The van der Waals surface area contributed by atoms with Crippen molar-refractivity contribution < 1.29 is 52.7 Å². The zero-order chi connectivity index (χ0) is 20.3. The summed E-state index contributed by atoms with van der Waals surface area (Å²) in [4.78, 5) is 11.2. The minimum atomic E-state index is -6.76. The molecular weight excluding hydrogens is 408 g/mol. The van der Waals surface area contributed by atoms with Crippen molar-refractivity contribution in [3.8, 4) is 0 Å². The Morgan fingerprint density at radius 2 is 1.48 bits per heavy atom. The number of carbonyl (C=O) groups excluding carboxylic acids is 1. The van der Waals surface area contributed by atoms with E-state index in [4.69, 9.17) is 0 Å². The maximum absolute atomic E-state index is 12.5. The summed E-state index contributed by atoms with van der Waals surface area (Å²) in [6.07, 6.45) is -3.83. The monoisotopic (exact) mass is 421 g/mol. The number of nitrogens with one attached hydrogen (secondary N) is 1. The summed E-state index contributed by atoms with van der Waals surface area (Å²) in [5, 5.41) is 1.95. The quantitative estimate of drug-likeness (QED) is 0.497. The van der Waals surface area contributed by atoms with Crippen LogP contribution in [0.4, 0.5) is 31.1 Å². The SMILES string of the molecule is C=CCNC(=O)OC(C)CC(S(=O)(=O)C(F)(F)F)S(=O)(=O)C(F)(F)F. The largest absolute Gasteiger partial charge is 0.498 e. The van der Waals surface area contributed by atoms with Crippen molar-refractivity contribution in [3.05, 3.63) is 12.7 Å². The minimum Gasteiger partial charge on any atom is -0.446 e. The van der Waals surface area contributed by atoms with Gasteiger partial charge in [-0.2, -0.15) is 26.3 Å². The van der Waals surface area contributed by atoms with Gasteiger partial charge in [-0.25, -0.2) is 21.6 Å². The first-order chi connectivity index (χ1) is 11.0. The molecule has 148 valence electrons. The van der Waals surface area contributed by atoms with Gasteiger partial charge >= 0.3 is 17.1 Å². The third-order valence-electron chi connectivity index (χ3n) is 2.56. The van der Waals surface area contributed by atoms with Crippen LogP contribution in [0.5, 0.6) is 0 Å². The molecule has 1 atom stereocenters. The van der Waals surface area contributed by atoms with E-state index in [1.54, 1.807) is 0 Å². The number of alkyl halides is 6. The lowest BCUT2D eigenvalue weighted by Gasteiger charge is -2.23. The number of rotatable bonds is 7. The fourth-order valence-electron chi connectivity index (χ4n) is 1.42. The smallest absolute Gasteiger partial charge is 0.446 e. The average molecular weight is 421 g/mol. The zero-order valence-corrected chi connectivity index (χ0v) is 14.0. The van der Waals surface area contributed by atoms with Crippen molar-refractivity contribution in [2.75, 3.05) is 6.54 Å². The first kappa shape index (κ1) is 23.5. The first-order valence-corrected chi connectivity index (χ1v) is 9.23. The fourth-order valence-corrected chi connectivity index (χ4v) is 5.05. The predicted molar refractivity (Wildman–Crippen MR) is 72.5 cm³/mol. The lowest BCUT2D eigenvalue weighted by Crippen LogP contribution is -2.46. The Kier molecular flexibility index (Phi) is 7.33. The predicted octanol–water partition coefficient (Wildman–Crippen LogP) is 1.87. The Morgan fingerprint density at radius 1 is 1.08 bits per heavy atom. The van der Waals surface area contributed by atoms with Crippen LogP contribution in [0.1, 0.15) is 13.3 Å². The average Bonchev–Trinajstić information content (AvgIpc) is 2.39. The van der Waals surface area contributed by atoms with Gasteiger partial charge in [-0.1, -0.05) is 6.08 Å². The molecule has 0 fully saturated rings. The molecule has 0 saturated carbocycles. The van der Waals surface area contributed by atoms with Gasteiger partial charge in [0.1, 0.15) is 6.10 Å². The molecule has 0 rings (SSSR count). The number of hydrogen-bond acceptors (Lipinski definition) is 6. The standard InChI is InChI=1S/C10H13F6NO6S2/c1-3-4-17-8(18)23-6(2)5-7(24(19,20)9(11,12)13)25(21,22)10(14,15)16/h3,6-7H,1,4-5H2,2H3,(H,17,18). The van der Waals surface area contributed by atoms with E-state index in [0.717, 1.165) is 13.0 Å². The van der Waals surface area contributed by atoms with Crippen LogP contribution < -0.4 is 5.32 Å². The highest BCUT2D eigenvalue weighted by atomic mass is 32.3. The Morgan fingerprint density at radius 3 is 1.80 bits per heavy atom. The van der Waals surface area contributed by atoms with Gasteiger partial charge in [-0.3, -0.25) is 0 Å². The van der Waals surface area contributed by atoms with Gasteiger partial charge < -0.3 is 10.1 Å². The van der Waals surface area contributed by atoms with E-state index in [1.807, 2.05) is 5.32 Å². The third-order valence-corrected chi connectivity index (χ3v) is 7.14. The maximum atomic E-state index is 12.5. The Bertz CT molecular complexity index is 652. The van der Waals surface area contributed by atoms with Gasteiger partial charge in [0.05, 0.1) is 0 Å². The third kappa shape index (κ3) is 5.76. The van der Waals surface area contributed by atoms with Crippen molar-refractivity contribution in [1.29, 1.82) is 0 Å². The molecule has 0 aromatic heterocycles. The number of amides is 1. The molecule has 0 aliphatic heterocycles. The number of halogens is 6. The van der Waals surface area contributed by atoms with Crippen molar-refractivity contribution in [1.82, 2.24) is 5.32 Å². The number of ether oxygens (including phenoxy) is 1. The number of alkyl carbamates (subject to hydrolysis) is 1. The minimum absolute atomic E-state index is 0.170. The van der Waals surface area contributed by atoms with E-state index < -0.39 is 53.9 Å². The molecule has 1 amide bonds. The van der Waals surface area contributed by atoms with E-state index in [0.29, 0.717) is 0 Å². The van der Waals surface area contributed by atoms with Crippen molar-refractivity contribution >= 4 is 25.8 Å². The molecule has 1 unspecified atom stereocenters. The maximum Gasteiger partial charge on any atom is 0.498 e. The fraction of sp³-hybridized carbons (Fsp3) is 0.700. The van der Waals surface area contributed by atoms with Crippen LogP contribution in [0.15, 0.2) is 12.7 Å². The lowest BCUT2D eigenvalue weighted by atomic mass is 10.3. The summed E-state index contributed by atoms with van der Waals surface area (Å²) in [6, 6.07) is 0. The Labute approximate surface area is 138 Å². The highest BCUT2D eigenvalue weighted by Crippen LogP contribution is 2.38. The van der Waals surface area contributed by atoms with Crippen LogP contribution in [0.3, 0.4) is 0 Å². The zero-order valence-electron chi connectivity index (χ0n) is 12.4. The molecule has 0 bridgehead atoms. The van der Waals surface area contributed by atoms with Crippen LogP contribution in [-0.2, 0) is 24.4 Å². The van der Waals surface area contributed by atoms with Crippen LogP contribution >= 0.6 is 0 Å². The van der Waals surface area contributed by atoms with E-state index in [1.165, 1.54) is 0 Å². The van der Waals surface area contributed by atoms with Gasteiger partial charge in [-0.05, 0) is 6.92 Å². The number of hydrogen-bond donors (Lipinski definition) is 1. The molecule has 0 aliphatic rings. The highest BCUT2D eigenvalue weighted by Gasteiger charge is 2.63. The van der Waals surface area contributed by atoms with Crippen molar-refractivity contribution in [3.63, 3.8) is 0 Å². The molecule has 25 heavy (non-hydrogen) atoms. The van der Waals surface area contributed by atoms with E-state index in [9.17, 15) is 48.0 Å². The molecule has 1 N–H and O–H groups in total. The van der Waals surface area contributed by atoms with E-state index >= 15 is 0 Å². The highest BCUT2D eigenvalue weighted by molar-refractivity contribution is 8.09. The van der Waals surface area contributed by atoms with Gasteiger partial charge in [0.25, 0.3) is 19.7 Å². The van der Waals surface area contributed by atoms with Gasteiger partial charge in [-0.15, -0.1) is 6.58 Å². The van der Waals surface area contributed by atoms with Crippen molar-refractivity contribution in [2.45, 2.75) is 35.0 Å². The summed E-state index contributed by atoms with van der Waals surface area (Å²) in [7, 11) is -13.5. The van der Waals surface area contributed by atoms with Gasteiger partial charge in [0.2, 0.25) is 0 Å². The van der Waals surface area contributed by atoms with Crippen LogP contribution in [0.25, 0.3) is 0 Å². The molecule has 0 aromatic carbocycles. The summed E-state index contributed by atoms with van der Waals surface area (Å²) < 4.78 is 121. The van der Waals surface area contributed by atoms with Crippen LogP contribution in [0, 0.1) is 0 Å². The van der Waals surface area contributed by atoms with E-state index in [-0.39, 0.29) is 6.54 Å². The van der Waals surface area contributed by atoms with Crippen LogP contribution in [0.2, 0.25) is 0 Å². The molecule has 0 aromatic rings. The summed E-state index contributed by atoms with van der Waals surface area (Å²) in [5.41, 5.74) is -12.5. The molecule has 15 heteroatoms. The van der Waals surface area contributed by atoms with Gasteiger partial charge in [0.15, 0.2) is 4.58 Å². The Hall–Kier alpha value is -1.51. The second-order valence-corrected chi connectivity index (χ2v) is 9.07. The molecule has 0 spiro atoms. The Balaban J connectivity index is 5.74. The number of sulfone groups is 2. The summed E-state index contributed by atoms with van der Waals surface area (Å²) >= 11 is 0. The summed E-state index contributed by atoms with van der Waals surface area (Å²) in [5.74, 6) is 0. The number of carbonyl (C=O) groups is 1. The van der Waals surface area contributed by atoms with E-state index in [2.05, 4.69) is 11.3 Å². The van der Waals surface area contributed by atoms with Crippen LogP contribution in [-0.4, -0.2) is 51.2 Å². The second-order valence-electron chi connectivity index (χ2n) is 4.53. The topological polar surface area (TPSA) is 107 Å². The lowest BCUT2D eigenvalue weighted by molar-refractivity contribution is -0.0476. The second kappa shape index (κ2) is 7.80. The summed E-state index contributed by atoms with van der Waals surface area (Å²) in [6.45, 7) is 3.76. The normalized spacial score (nSPS) is 14.9. The van der Waals surface area contributed by atoms with Crippen molar-refractivity contribution in [2.24, 2.45) is 0 Å². The molecule has 0 aliphatic carbocycles. The van der Waals surface area contributed by atoms with Gasteiger partial charge in [0, 0.05) is 13.0 Å². The molecule has 0 saturated heterocycles. The molecular formula is C10H13F6NO6S2. The molecule has 7 nitrogen and oxygen atoms in total. The molecule has 0 radical (unpaired) electrons.